The number of rotatable bonds is 3. The van der Waals surface area contributed by atoms with Gasteiger partial charge in [-0.2, -0.15) is 0 Å². The molecule has 0 atom stereocenters. The monoisotopic (exact) mass is 362 g/mol. The predicted molar refractivity (Wildman–Crippen MR) is 103 cm³/mol. The first-order valence-electron chi connectivity index (χ1n) is 8.08. The van der Waals surface area contributed by atoms with Crippen molar-refractivity contribution in [3.05, 3.63) is 83.3 Å². The first kappa shape index (κ1) is 16.3. The fourth-order valence-electron chi connectivity index (χ4n) is 2.66. The third-order valence-electron chi connectivity index (χ3n) is 3.99. The highest BCUT2D eigenvalue weighted by molar-refractivity contribution is 6.31. The zero-order valence-corrected chi connectivity index (χ0v) is 14.7. The van der Waals surface area contributed by atoms with Gasteiger partial charge in [0.15, 0.2) is 0 Å². The molecular formula is C20H15ClN4O. The van der Waals surface area contributed by atoms with Gasteiger partial charge in [0.25, 0.3) is 5.91 Å². The van der Waals surface area contributed by atoms with Crippen LogP contribution in [0.2, 0.25) is 5.02 Å². The van der Waals surface area contributed by atoms with Crippen LogP contribution in [0, 0.1) is 6.92 Å². The molecule has 6 heteroatoms. The Labute approximate surface area is 155 Å². The molecule has 0 saturated carbocycles. The number of carbonyl (C=O) groups excluding carboxylic acids is 1. The van der Waals surface area contributed by atoms with E-state index in [0.29, 0.717) is 22.1 Å². The predicted octanol–water partition coefficient (Wildman–Crippen LogP) is 4.61. The molecule has 5 nitrogen and oxygen atoms in total. The summed E-state index contributed by atoms with van der Waals surface area (Å²) in [6, 6.07) is 16.3. The van der Waals surface area contributed by atoms with E-state index in [1.165, 1.54) is 0 Å². The van der Waals surface area contributed by atoms with E-state index < -0.39 is 0 Å². The molecule has 0 radical (unpaired) electrons. The molecule has 0 bridgehead atoms. The summed E-state index contributed by atoms with van der Waals surface area (Å²) >= 11 is 5.93. The Morgan fingerprint density at radius 2 is 1.88 bits per heavy atom. The SMILES string of the molecule is Cc1ccn2cc(-c3ccc(NC(=O)c4cccc(Cl)c4)cc3)nc2n1. The Morgan fingerprint density at radius 3 is 2.65 bits per heavy atom. The average molecular weight is 363 g/mol. The van der Waals surface area contributed by atoms with E-state index in [9.17, 15) is 4.79 Å². The lowest BCUT2D eigenvalue weighted by Crippen LogP contribution is -2.11. The van der Waals surface area contributed by atoms with Crippen LogP contribution in [-0.2, 0) is 0 Å². The third kappa shape index (κ3) is 3.30. The maximum atomic E-state index is 12.3. The van der Waals surface area contributed by atoms with Crippen LogP contribution in [0.5, 0.6) is 0 Å². The summed E-state index contributed by atoms with van der Waals surface area (Å²) in [5, 5.41) is 3.39. The molecule has 4 rings (SSSR count). The number of amides is 1. The second kappa shape index (κ2) is 6.61. The van der Waals surface area contributed by atoms with Crippen molar-refractivity contribution in [3.8, 4) is 11.3 Å². The molecule has 4 aromatic rings. The van der Waals surface area contributed by atoms with E-state index in [0.717, 1.165) is 17.0 Å². The van der Waals surface area contributed by atoms with Gasteiger partial charge in [0, 0.05) is 39.9 Å². The number of benzene rings is 2. The first-order chi connectivity index (χ1) is 12.6. The largest absolute Gasteiger partial charge is 0.322 e. The van der Waals surface area contributed by atoms with Gasteiger partial charge < -0.3 is 5.32 Å². The van der Waals surface area contributed by atoms with E-state index in [2.05, 4.69) is 15.3 Å². The molecule has 0 spiro atoms. The summed E-state index contributed by atoms with van der Waals surface area (Å²) < 4.78 is 1.89. The average Bonchev–Trinajstić information content (AvgIpc) is 3.05. The lowest BCUT2D eigenvalue weighted by Gasteiger charge is -2.06. The number of hydrogen-bond acceptors (Lipinski definition) is 3. The summed E-state index contributed by atoms with van der Waals surface area (Å²) in [5.41, 5.74) is 3.93. The maximum Gasteiger partial charge on any atom is 0.255 e. The van der Waals surface area contributed by atoms with Crippen molar-refractivity contribution < 1.29 is 4.79 Å². The van der Waals surface area contributed by atoms with Crippen molar-refractivity contribution in [1.82, 2.24) is 14.4 Å². The summed E-state index contributed by atoms with van der Waals surface area (Å²) in [6.07, 6.45) is 3.87. The molecule has 1 N–H and O–H groups in total. The Balaban J connectivity index is 1.55. The number of nitrogens with zero attached hydrogens (tertiary/aromatic N) is 3. The fourth-order valence-corrected chi connectivity index (χ4v) is 2.85. The number of nitrogens with one attached hydrogen (secondary N) is 1. The highest BCUT2D eigenvalue weighted by Gasteiger charge is 2.08. The van der Waals surface area contributed by atoms with Gasteiger partial charge in [-0.3, -0.25) is 9.20 Å². The molecule has 2 aromatic heterocycles. The summed E-state index contributed by atoms with van der Waals surface area (Å²) in [7, 11) is 0. The van der Waals surface area contributed by atoms with Crippen molar-refractivity contribution >= 4 is 29.0 Å². The number of fused-ring (bicyclic) bond motifs is 1. The number of halogens is 1. The van der Waals surface area contributed by atoms with Gasteiger partial charge in [-0.1, -0.05) is 29.8 Å². The number of hydrogen-bond donors (Lipinski definition) is 1. The molecule has 0 aliphatic heterocycles. The second-order valence-corrected chi connectivity index (χ2v) is 6.38. The van der Waals surface area contributed by atoms with Gasteiger partial charge in [0.2, 0.25) is 5.78 Å². The highest BCUT2D eigenvalue weighted by Crippen LogP contribution is 2.21. The van der Waals surface area contributed by atoms with E-state index >= 15 is 0 Å². The van der Waals surface area contributed by atoms with Gasteiger partial charge in [-0.15, -0.1) is 0 Å². The molecule has 0 fully saturated rings. The first-order valence-corrected chi connectivity index (χ1v) is 8.46. The summed E-state index contributed by atoms with van der Waals surface area (Å²) in [5.74, 6) is 0.464. The van der Waals surface area contributed by atoms with E-state index in [-0.39, 0.29) is 5.91 Å². The van der Waals surface area contributed by atoms with E-state index in [1.807, 2.05) is 54.0 Å². The molecule has 0 aliphatic rings. The summed E-state index contributed by atoms with van der Waals surface area (Å²) in [4.78, 5) is 21.2. The van der Waals surface area contributed by atoms with Gasteiger partial charge in [0.05, 0.1) is 5.69 Å². The minimum atomic E-state index is -0.201. The minimum Gasteiger partial charge on any atom is -0.322 e. The summed E-state index contributed by atoms with van der Waals surface area (Å²) in [6.45, 7) is 1.94. The number of imidazole rings is 1. The quantitative estimate of drug-likeness (QED) is 0.579. The van der Waals surface area contributed by atoms with Crippen LogP contribution in [0.3, 0.4) is 0 Å². The minimum absolute atomic E-state index is 0.201. The van der Waals surface area contributed by atoms with Gasteiger partial charge in [-0.05, 0) is 43.3 Å². The van der Waals surface area contributed by atoms with E-state index in [1.54, 1.807) is 24.3 Å². The second-order valence-electron chi connectivity index (χ2n) is 5.94. The smallest absolute Gasteiger partial charge is 0.255 e. The molecule has 0 aliphatic carbocycles. The third-order valence-corrected chi connectivity index (χ3v) is 4.23. The molecule has 0 saturated heterocycles. The standard InChI is InChI=1S/C20H15ClN4O/c1-13-9-10-25-12-18(24-20(25)22-13)14-5-7-17(8-6-14)23-19(26)15-3-2-4-16(21)11-15/h2-12H,1H3,(H,23,26). The molecule has 0 unspecified atom stereocenters. The molecule has 1 amide bonds. The van der Waals surface area contributed by atoms with Crippen LogP contribution in [0.4, 0.5) is 5.69 Å². The van der Waals surface area contributed by atoms with Crippen molar-refractivity contribution in [3.63, 3.8) is 0 Å². The fraction of sp³-hybridized carbons (Fsp3) is 0.0500. The number of aromatic nitrogens is 3. The van der Waals surface area contributed by atoms with Crippen molar-refractivity contribution in [2.24, 2.45) is 0 Å². The Morgan fingerprint density at radius 1 is 1.08 bits per heavy atom. The van der Waals surface area contributed by atoms with Crippen LogP contribution in [0.1, 0.15) is 16.1 Å². The van der Waals surface area contributed by atoms with Gasteiger partial charge >= 0.3 is 0 Å². The number of aryl methyl sites for hydroxylation is 1. The Kier molecular flexibility index (Phi) is 4.14. The van der Waals surface area contributed by atoms with Crippen molar-refractivity contribution in [1.29, 1.82) is 0 Å². The molecular weight excluding hydrogens is 348 g/mol. The highest BCUT2D eigenvalue weighted by atomic mass is 35.5. The van der Waals surface area contributed by atoms with Gasteiger partial charge in [0.1, 0.15) is 0 Å². The Bertz CT molecular complexity index is 1100. The van der Waals surface area contributed by atoms with Crippen LogP contribution >= 0.6 is 11.6 Å². The van der Waals surface area contributed by atoms with Crippen LogP contribution in [0.15, 0.2) is 67.0 Å². The molecule has 2 heterocycles. The number of carbonyl (C=O) groups is 1. The molecule has 2 aromatic carbocycles. The van der Waals surface area contributed by atoms with Crippen LogP contribution < -0.4 is 5.32 Å². The van der Waals surface area contributed by atoms with E-state index in [4.69, 9.17) is 11.6 Å². The normalized spacial score (nSPS) is 10.8. The lowest BCUT2D eigenvalue weighted by atomic mass is 10.1. The molecule has 128 valence electrons. The molecule has 26 heavy (non-hydrogen) atoms. The lowest BCUT2D eigenvalue weighted by molar-refractivity contribution is 0.102. The van der Waals surface area contributed by atoms with Crippen LogP contribution in [0.25, 0.3) is 17.0 Å². The van der Waals surface area contributed by atoms with Crippen LogP contribution in [-0.4, -0.2) is 20.3 Å². The van der Waals surface area contributed by atoms with Gasteiger partial charge in [-0.25, -0.2) is 9.97 Å². The van der Waals surface area contributed by atoms with Crippen molar-refractivity contribution in [2.75, 3.05) is 5.32 Å². The topological polar surface area (TPSA) is 59.3 Å². The zero-order chi connectivity index (χ0) is 18.1. The maximum absolute atomic E-state index is 12.3. The Hall–Kier alpha value is -3.18. The number of anilines is 1. The zero-order valence-electron chi connectivity index (χ0n) is 14.0. The van der Waals surface area contributed by atoms with Crippen molar-refractivity contribution in [2.45, 2.75) is 6.92 Å².